The van der Waals surface area contributed by atoms with Crippen LogP contribution in [0.15, 0.2) is 0 Å². The molecule has 2 heterocycles. The molecule has 0 aromatic carbocycles. The number of nitrogens with one attached hydrogen (secondary N) is 1. The molecule has 0 aliphatic carbocycles. The van der Waals surface area contributed by atoms with Gasteiger partial charge in [0.1, 0.15) is 11.8 Å². The molecule has 0 saturated carbocycles. The van der Waals surface area contributed by atoms with Crippen LogP contribution in [-0.4, -0.2) is 138 Å². The maximum absolute atomic E-state index is 12.9. The monoisotopic (exact) mass is 483 g/mol. The Morgan fingerprint density at radius 1 is 0.912 bits per heavy atom. The number of Topliss-reactive ketones (excluding diaryl/α,β-unsaturated/α-hetero) is 1. The van der Waals surface area contributed by atoms with Crippen molar-refractivity contribution < 1.29 is 29.4 Å². The zero-order chi connectivity index (χ0) is 25.3. The molecule has 1 atom stereocenters. The molecule has 11 heteroatoms. The van der Waals surface area contributed by atoms with Crippen LogP contribution >= 0.6 is 0 Å². The van der Waals surface area contributed by atoms with Gasteiger partial charge >= 0.3 is 11.9 Å². The number of ketones is 1. The average molecular weight is 484 g/mol. The first-order valence-electron chi connectivity index (χ1n) is 12.2. The third-order valence-corrected chi connectivity index (χ3v) is 7.43. The van der Waals surface area contributed by atoms with E-state index in [0.717, 1.165) is 13.1 Å². The summed E-state index contributed by atoms with van der Waals surface area (Å²) >= 11 is 0. The smallest absolute Gasteiger partial charge is 0.320 e. The number of likely N-dealkylation sites (tertiary alicyclic amines) is 1. The summed E-state index contributed by atoms with van der Waals surface area (Å²) in [5, 5.41) is 22.3. The molecule has 0 aromatic rings. The molecular weight excluding hydrogens is 442 g/mol. The lowest BCUT2D eigenvalue weighted by atomic mass is 9.84. The van der Waals surface area contributed by atoms with Gasteiger partial charge in [-0.15, -0.1) is 0 Å². The topological polar surface area (TPSA) is 134 Å². The van der Waals surface area contributed by atoms with Crippen LogP contribution in [0.25, 0.3) is 0 Å². The van der Waals surface area contributed by atoms with Gasteiger partial charge in [-0.2, -0.15) is 0 Å². The summed E-state index contributed by atoms with van der Waals surface area (Å²) in [5.41, 5.74) is -0.587. The number of hydrogen-bond donors (Lipinski definition) is 3. The number of piperidine rings is 1. The number of amides is 1. The van der Waals surface area contributed by atoms with Gasteiger partial charge in [-0.1, -0.05) is 6.92 Å². The molecule has 2 saturated heterocycles. The van der Waals surface area contributed by atoms with E-state index in [-0.39, 0.29) is 31.1 Å². The van der Waals surface area contributed by atoms with Crippen LogP contribution in [0.1, 0.15) is 39.5 Å². The molecule has 3 N–H and O–H groups in total. The molecule has 1 amide bonds. The van der Waals surface area contributed by atoms with Crippen LogP contribution in [0.2, 0.25) is 0 Å². The Labute approximate surface area is 202 Å². The van der Waals surface area contributed by atoms with Crippen molar-refractivity contribution >= 4 is 23.6 Å². The normalized spacial score (nSPS) is 21.8. The van der Waals surface area contributed by atoms with Crippen molar-refractivity contribution in [2.75, 3.05) is 72.5 Å². The highest BCUT2D eigenvalue weighted by Crippen LogP contribution is 2.24. The minimum absolute atomic E-state index is 0.0686. The van der Waals surface area contributed by atoms with Gasteiger partial charge in [-0.05, 0) is 39.8 Å². The third-order valence-electron chi connectivity index (χ3n) is 7.43. The van der Waals surface area contributed by atoms with Crippen LogP contribution < -0.4 is 5.32 Å². The highest BCUT2D eigenvalue weighted by atomic mass is 16.4. The van der Waals surface area contributed by atoms with Crippen molar-refractivity contribution in [1.29, 1.82) is 0 Å². The molecule has 2 fully saturated rings. The van der Waals surface area contributed by atoms with Crippen molar-refractivity contribution in [3.8, 4) is 0 Å². The quantitative estimate of drug-likeness (QED) is 0.370. The van der Waals surface area contributed by atoms with E-state index in [4.69, 9.17) is 0 Å². The van der Waals surface area contributed by atoms with Crippen molar-refractivity contribution in [3.63, 3.8) is 0 Å². The second-order valence-electron chi connectivity index (χ2n) is 9.30. The number of hydrogen-bond acceptors (Lipinski definition) is 8. The standard InChI is InChI=1S/C23H41N5O6/c1-4-25-11-12-26(17-21(31)32)14-16-27(15-13-25)19(22(33)34)5-6-20(30)28-9-7-23(24-3,8-10-28)18(2)29/h19,24H,4-17H2,1-3H3,(H,31,32)(H,33,34). The van der Waals surface area contributed by atoms with E-state index in [2.05, 4.69) is 10.2 Å². The van der Waals surface area contributed by atoms with Crippen LogP contribution in [0.3, 0.4) is 0 Å². The van der Waals surface area contributed by atoms with Crippen molar-refractivity contribution in [3.05, 3.63) is 0 Å². The number of rotatable bonds is 10. The molecule has 11 nitrogen and oxygen atoms in total. The minimum Gasteiger partial charge on any atom is -0.480 e. The SMILES string of the molecule is CCN1CCN(CC(=O)O)CCN(C(CCC(=O)N2CCC(NC)(C(C)=O)CC2)C(=O)O)CC1. The largest absolute Gasteiger partial charge is 0.480 e. The number of carboxylic acid groups (broad SMARTS) is 2. The number of carbonyl (C=O) groups is 4. The van der Waals surface area contributed by atoms with Gasteiger partial charge in [0.15, 0.2) is 0 Å². The summed E-state index contributed by atoms with van der Waals surface area (Å²) in [7, 11) is 1.76. The van der Waals surface area contributed by atoms with Gasteiger partial charge in [0.05, 0.1) is 12.1 Å². The second-order valence-corrected chi connectivity index (χ2v) is 9.30. The lowest BCUT2D eigenvalue weighted by Crippen LogP contribution is -2.57. The van der Waals surface area contributed by atoms with Gasteiger partial charge < -0.3 is 25.3 Å². The van der Waals surface area contributed by atoms with E-state index in [9.17, 15) is 29.4 Å². The number of carboxylic acids is 2. The van der Waals surface area contributed by atoms with Crippen molar-refractivity contribution in [2.24, 2.45) is 0 Å². The van der Waals surface area contributed by atoms with Gasteiger partial charge in [0.2, 0.25) is 5.91 Å². The Bertz CT molecular complexity index is 725. The van der Waals surface area contributed by atoms with Crippen molar-refractivity contribution in [1.82, 2.24) is 24.9 Å². The van der Waals surface area contributed by atoms with E-state index < -0.39 is 23.5 Å². The maximum atomic E-state index is 12.9. The van der Waals surface area contributed by atoms with E-state index >= 15 is 0 Å². The van der Waals surface area contributed by atoms with E-state index in [1.54, 1.807) is 18.9 Å². The van der Waals surface area contributed by atoms with Gasteiger partial charge in [-0.3, -0.25) is 29.0 Å². The number of nitrogens with zero attached hydrogens (tertiary/aromatic N) is 4. The van der Waals surface area contributed by atoms with E-state index in [1.807, 2.05) is 16.7 Å². The van der Waals surface area contributed by atoms with Crippen LogP contribution in [0.5, 0.6) is 0 Å². The summed E-state index contributed by atoms with van der Waals surface area (Å²) in [6.07, 6.45) is 1.41. The molecular formula is C23H41N5O6. The first kappa shape index (κ1) is 28.2. The summed E-state index contributed by atoms with van der Waals surface area (Å²) in [4.78, 5) is 55.9. The lowest BCUT2D eigenvalue weighted by Gasteiger charge is -2.40. The summed E-state index contributed by atoms with van der Waals surface area (Å²) < 4.78 is 0. The fourth-order valence-electron chi connectivity index (χ4n) is 4.93. The van der Waals surface area contributed by atoms with Crippen molar-refractivity contribution in [2.45, 2.75) is 51.1 Å². The number of likely N-dealkylation sites (N-methyl/N-ethyl adjacent to an activating group) is 2. The van der Waals surface area contributed by atoms with Crippen LogP contribution in [-0.2, 0) is 19.2 Å². The predicted octanol–water partition coefficient (Wildman–Crippen LogP) is -0.586. The van der Waals surface area contributed by atoms with E-state index in [0.29, 0.717) is 58.7 Å². The summed E-state index contributed by atoms with van der Waals surface area (Å²) in [6, 6.07) is -0.814. The number of carbonyl (C=O) groups excluding carboxylic acids is 2. The van der Waals surface area contributed by atoms with Gasteiger partial charge in [0, 0.05) is 58.8 Å². The molecule has 2 aliphatic rings. The third kappa shape index (κ3) is 7.72. The fraction of sp³-hybridized carbons (Fsp3) is 0.826. The molecule has 2 rings (SSSR count). The Morgan fingerprint density at radius 3 is 1.97 bits per heavy atom. The molecule has 0 bridgehead atoms. The second kappa shape index (κ2) is 13.1. The lowest BCUT2D eigenvalue weighted by molar-refractivity contribution is -0.145. The van der Waals surface area contributed by atoms with Crippen LogP contribution in [0, 0.1) is 0 Å². The molecule has 0 spiro atoms. The Morgan fingerprint density at radius 2 is 1.47 bits per heavy atom. The number of aliphatic carboxylic acids is 2. The zero-order valence-electron chi connectivity index (χ0n) is 20.8. The summed E-state index contributed by atoms with van der Waals surface area (Å²) in [5.74, 6) is -1.89. The van der Waals surface area contributed by atoms with Crippen LogP contribution in [0.4, 0.5) is 0 Å². The first-order chi connectivity index (χ1) is 16.1. The summed E-state index contributed by atoms with van der Waals surface area (Å²) in [6.45, 7) is 8.74. The highest BCUT2D eigenvalue weighted by Gasteiger charge is 2.38. The molecule has 0 aromatic heterocycles. The predicted molar refractivity (Wildman–Crippen MR) is 127 cm³/mol. The molecule has 1 unspecified atom stereocenters. The molecule has 0 radical (unpaired) electrons. The molecule has 34 heavy (non-hydrogen) atoms. The Balaban J connectivity index is 1.99. The van der Waals surface area contributed by atoms with Gasteiger partial charge in [0.25, 0.3) is 0 Å². The van der Waals surface area contributed by atoms with Gasteiger partial charge in [-0.25, -0.2) is 0 Å². The molecule has 2 aliphatic heterocycles. The molecule has 194 valence electrons. The minimum atomic E-state index is -0.968. The Hall–Kier alpha value is -2.08. The highest BCUT2D eigenvalue weighted by molar-refractivity contribution is 5.87. The average Bonchev–Trinajstić information content (AvgIpc) is 2.89. The maximum Gasteiger partial charge on any atom is 0.320 e. The Kier molecular flexibility index (Phi) is 10.9. The fourth-order valence-corrected chi connectivity index (χ4v) is 4.93. The van der Waals surface area contributed by atoms with E-state index in [1.165, 1.54) is 0 Å². The zero-order valence-corrected chi connectivity index (χ0v) is 20.8. The first-order valence-corrected chi connectivity index (χ1v) is 12.2.